The molecule has 0 amide bonds. The molecule has 0 N–H and O–H groups in total. The average molecular weight is 285 g/mol. The van der Waals surface area contributed by atoms with Gasteiger partial charge >= 0.3 is 0 Å². The van der Waals surface area contributed by atoms with Crippen LogP contribution in [-0.4, -0.2) is 10.5 Å². The molecule has 1 rings (SSSR count). The summed E-state index contributed by atoms with van der Waals surface area (Å²) in [5.74, 6) is 0. The fourth-order valence-electron chi connectivity index (χ4n) is 2.28. The van der Waals surface area contributed by atoms with Crippen LogP contribution in [0.3, 0.4) is 0 Å². The minimum absolute atomic E-state index is 0.0618. The van der Waals surface area contributed by atoms with Gasteiger partial charge in [0.05, 0.1) is 6.10 Å². The zero-order valence-corrected chi connectivity index (χ0v) is 13.9. The minimum Gasteiger partial charge on any atom is -0.412 e. The molecule has 0 aromatic heterocycles. The highest BCUT2D eigenvalue weighted by Crippen LogP contribution is 2.25. The van der Waals surface area contributed by atoms with Gasteiger partial charge in [0, 0.05) is 0 Å². The minimum atomic E-state index is 0.0618. The Hall–Kier alpha value is -1.12. The maximum Gasteiger partial charge on any atom is 0.247 e. The largest absolute Gasteiger partial charge is 0.412 e. The molecule has 1 unspecified atom stereocenters. The van der Waals surface area contributed by atoms with Gasteiger partial charge in [0.25, 0.3) is 0 Å². The Balaban J connectivity index is 3.07. The van der Waals surface area contributed by atoms with Gasteiger partial charge in [0.1, 0.15) is 0 Å². The van der Waals surface area contributed by atoms with Crippen molar-refractivity contribution in [3.05, 3.63) is 59.2 Å². The lowest BCUT2D eigenvalue weighted by molar-refractivity contribution is 0.249. The Kier molecular flexibility index (Phi) is 8.24. The molecule has 1 nitrogen and oxygen atoms in total. The van der Waals surface area contributed by atoms with Crippen molar-refractivity contribution >= 4 is 10.5 Å². The van der Waals surface area contributed by atoms with Gasteiger partial charge in [0.15, 0.2) is 0 Å². The molecule has 1 aromatic carbocycles. The van der Waals surface area contributed by atoms with E-state index in [0.717, 1.165) is 25.7 Å². The van der Waals surface area contributed by atoms with Crippen LogP contribution in [-0.2, 0) is 17.3 Å². The van der Waals surface area contributed by atoms with Crippen molar-refractivity contribution in [2.24, 2.45) is 0 Å². The molecule has 0 fully saturated rings. The molecule has 0 heterocycles. The highest BCUT2D eigenvalue weighted by Gasteiger charge is 2.11. The van der Waals surface area contributed by atoms with Crippen molar-refractivity contribution in [1.82, 2.24) is 0 Å². The molecule has 0 bridgehead atoms. The van der Waals surface area contributed by atoms with Crippen LogP contribution in [0.1, 0.15) is 56.4 Å². The molecule has 0 aliphatic rings. The van der Waals surface area contributed by atoms with Crippen molar-refractivity contribution in [1.29, 1.82) is 0 Å². The molecule has 1 aromatic rings. The first-order chi connectivity index (χ1) is 9.74. The summed E-state index contributed by atoms with van der Waals surface area (Å²) >= 11 is 0. The van der Waals surface area contributed by atoms with Crippen LogP contribution in [0.25, 0.3) is 0 Å². The van der Waals surface area contributed by atoms with Crippen LogP contribution in [0.15, 0.2) is 42.5 Å². The molecule has 1 atom stereocenters. The molecule has 0 saturated carbocycles. The van der Waals surface area contributed by atoms with E-state index in [1.165, 1.54) is 16.7 Å². The Morgan fingerprint density at radius 1 is 1.05 bits per heavy atom. The van der Waals surface area contributed by atoms with Gasteiger partial charge < -0.3 is 4.43 Å². The Morgan fingerprint density at radius 3 is 2.30 bits per heavy atom. The fourth-order valence-corrected chi connectivity index (χ4v) is 2.41. The Labute approximate surface area is 127 Å². The molecule has 0 saturated heterocycles. The lowest BCUT2D eigenvalue weighted by Crippen LogP contribution is -2.04. The normalized spacial score (nSPS) is 13.4. The van der Waals surface area contributed by atoms with Crippen LogP contribution in [0.4, 0.5) is 0 Å². The second-order valence-corrected chi connectivity index (χ2v) is 5.15. The summed E-state index contributed by atoms with van der Waals surface area (Å²) in [6.07, 6.45) is 13.2. The van der Waals surface area contributed by atoms with Gasteiger partial charge in [0.2, 0.25) is 10.5 Å². The summed E-state index contributed by atoms with van der Waals surface area (Å²) in [5, 5.41) is 0. The molecule has 2 heteroatoms. The number of hydrogen-bond acceptors (Lipinski definition) is 1. The summed E-state index contributed by atoms with van der Waals surface area (Å²) < 4.78 is 5.33. The number of rotatable bonds is 8. The maximum absolute atomic E-state index is 5.33. The van der Waals surface area contributed by atoms with E-state index >= 15 is 0 Å². The van der Waals surface area contributed by atoms with Crippen molar-refractivity contribution in [2.75, 3.05) is 0 Å². The molecule has 0 aliphatic carbocycles. The second kappa shape index (κ2) is 9.73. The summed E-state index contributed by atoms with van der Waals surface area (Å²) in [6, 6.07) is 6.51. The van der Waals surface area contributed by atoms with Gasteiger partial charge in [-0.15, -0.1) is 0 Å². The molecule has 0 aliphatic heterocycles. The van der Waals surface area contributed by atoms with Gasteiger partial charge in [-0.3, -0.25) is 0 Å². The topological polar surface area (TPSA) is 9.23 Å². The van der Waals surface area contributed by atoms with Crippen LogP contribution in [0, 0.1) is 0 Å². The van der Waals surface area contributed by atoms with Crippen molar-refractivity contribution in [2.45, 2.75) is 52.6 Å². The predicted molar refractivity (Wildman–Crippen MR) is 88.0 cm³/mol. The third-order valence-corrected chi connectivity index (χ3v) is 3.74. The lowest BCUT2D eigenvalue weighted by Gasteiger charge is -2.17. The zero-order chi connectivity index (χ0) is 14.8. The molecule has 0 spiro atoms. The van der Waals surface area contributed by atoms with E-state index in [0.29, 0.717) is 0 Å². The summed E-state index contributed by atoms with van der Waals surface area (Å²) in [4.78, 5) is 0. The van der Waals surface area contributed by atoms with Gasteiger partial charge in [-0.25, -0.2) is 0 Å². The smallest absolute Gasteiger partial charge is 0.247 e. The third kappa shape index (κ3) is 5.10. The van der Waals surface area contributed by atoms with Gasteiger partial charge in [-0.2, -0.15) is 0 Å². The molecule has 3 radical (unpaired) electrons. The van der Waals surface area contributed by atoms with Crippen LogP contribution >= 0.6 is 0 Å². The maximum atomic E-state index is 5.33. The van der Waals surface area contributed by atoms with E-state index in [4.69, 9.17) is 4.43 Å². The third-order valence-electron chi connectivity index (χ3n) is 3.39. The summed E-state index contributed by atoms with van der Waals surface area (Å²) in [7, 11) is 3.17. The fraction of sp³-hybridized carbons (Fsp3) is 0.444. The number of benzene rings is 1. The monoisotopic (exact) mass is 285 g/mol. The first-order valence-corrected chi connectivity index (χ1v) is 7.88. The van der Waals surface area contributed by atoms with Gasteiger partial charge in [-0.1, -0.05) is 56.4 Å². The molecular weight excluding hydrogens is 260 g/mol. The average Bonchev–Trinajstić information content (AvgIpc) is 2.48. The van der Waals surface area contributed by atoms with E-state index in [9.17, 15) is 0 Å². The number of hydrogen-bond donors (Lipinski definition) is 0. The predicted octanol–water partition coefficient (Wildman–Crippen LogP) is 4.87. The summed E-state index contributed by atoms with van der Waals surface area (Å²) in [6.45, 7) is 6.40. The van der Waals surface area contributed by atoms with E-state index in [1.54, 1.807) is 0 Å². The highest BCUT2D eigenvalue weighted by atomic mass is 28.2. The molecular formula is C18H25OSi. The van der Waals surface area contributed by atoms with Crippen molar-refractivity contribution in [3.63, 3.8) is 0 Å². The van der Waals surface area contributed by atoms with Crippen molar-refractivity contribution in [3.8, 4) is 0 Å². The SMILES string of the molecule is CCC=CCc1cccc(C(C)O[Si])c1CC=CCC. The second-order valence-electron chi connectivity index (χ2n) is 4.91. The summed E-state index contributed by atoms with van der Waals surface area (Å²) in [5.41, 5.74) is 4.05. The molecule has 107 valence electrons. The van der Waals surface area contributed by atoms with Crippen molar-refractivity contribution < 1.29 is 4.43 Å². The van der Waals surface area contributed by atoms with E-state index < -0.39 is 0 Å². The van der Waals surface area contributed by atoms with E-state index in [-0.39, 0.29) is 6.10 Å². The van der Waals surface area contributed by atoms with Crippen LogP contribution < -0.4 is 0 Å². The first-order valence-electron chi connectivity index (χ1n) is 7.47. The Bertz CT molecular complexity index is 449. The lowest BCUT2D eigenvalue weighted by atomic mass is 9.93. The zero-order valence-electron chi connectivity index (χ0n) is 12.9. The van der Waals surface area contributed by atoms with E-state index in [1.807, 2.05) is 0 Å². The molecule has 20 heavy (non-hydrogen) atoms. The standard InChI is InChI=1S/C18H25OSi/c1-4-6-8-11-16-12-10-14-17(15(3)19-20)18(16)13-9-7-5-2/h6-10,12,14-15H,4-5,11,13H2,1-3H3. The first kappa shape index (κ1) is 16.9. The quantitative estimate of drug-likeness (QED) is 0.489. The van der Waals surface area contributed by atoms with Crippen LogP contribution in [0.2, 0.25) is 0 Å². The highest BCUT2D eigenvalue weighted by molar-refractivity contribution is 5.98. The Morgan fingerprint density at radius 2 is 1.70 bits per heavy atom. The van der Waals surface area contributed by atoms with Crippen LogP contribution in [0.5, 0.6) is 0 Å². The van der Waals surface area contributed by atoms with E-state index in [2.05, 4.69) is 73.8 Å². The number of allylic oxidation sites excluding steroid dienone is 4. The van der Waals surface area contributed by atoms with Gasteiger partial charge in [-0.05, 0) is 49.3 Å².